The van der Waals surface area contributed by atoms with Crippen LogP contribution in [0.15, 0.2) is 30.3 Å². The molecule has 0 aliphatic carbocycles. The molecule has 2 aromatic rings. The molecule has 4 heteroatoms. The highest BCUT2D eigenvalue weighted by molar-refractivity contribution is 5.82. The summed E-state index contributed by atoms with van der Waals surface area (Å²) in [6.07, 6.45) is 0. The Balaban J connectivity index is 2.02. The maximum absolute atomic E-state index is 5.72. The normalized spacial score (nSPS) is 11.2. The van der Waals surface area contributed by atoms with Crippen molar-refractivity contribution in [1.82, 2.24) is 10.3 Å². The summed E-state index contributed by atoms with van der Waals surface area (Å²) >= 11 is 0. The van der Waals surface area contributed by atoms with Crippen molar-refractivity contribution in [2.24, 2.45) is 5.92 Å². The number of benzene rings is 1. The number of nitrogens with zero attached hydrogens (tertiary/aromatic N) is 1. The van der Waals surface area contributed by atoms with Crippen molar-refractivity contribution in [3.8, 4) is 5.88 Å². The molecule has 2 rings (SSSR count). The molecule has 0 aliphatic heterocycles. The molecule has 21 heavy (non-hydrogen) atoms. The molecule has 0 spiro atoms. The van der Waals surface area contributed by atoms with Crippen LogP contribution in [0.4, 0.5) is 0 Å². The Labute approximate surface area is 126 Å². The van der Waals surface area contributed by atoms with Gasteiger partial charge in [0.15, 0.2) is 0 Å². The van der Waals surface area contributed by atoms with Gasteiger partial charge in [-0.15, -0.1) is 0 Å². The van der Waals surface area contributed by atoms with E-state index in [2.05, 4.69) is 30.2 Å². The zero-order valence-electron chi connectivity index (χ0n) is 13.1. The van der Waals surface area contributed by atoms with Crippen molar-refractivity contribution >= 4 is 10.9 Å². The zero-order chi connectivity index (χ0) is 15.1. The minimum atomic E-state index is 0.525. The second kappa shape index (κ2) is 7.96. The topological polar surface area (TPSA) is 43.4 Å². The highest BCUT2D eigenvalue weighted by Gasteiger charge is 2.06. The molecule has 0 fully saturated rings. The standard InChI is InChI=1S/C17H24N2O2/c1-13(2)12-20-8-9-21-17-10-14(11-18-3)15-6-4-5-7-16(15)19-17/h4-7,10,13,18H,8-9,11-12H2,1-3H3. The van der Waals surface area contributed by atoms with E-state index >= 15 is 0 Å². The fraction of sp³-hybridized carbons (Fsp3) is 0.471. The predicted octanol–water partition coefficient (Wildman–Crippen LogP) is 3.01. The van der Waals surface area contributed by atoms with Crippen molar-refractivity contribution < 1.29 is 9.47 Å². The number of nitrogens with one attached hydrogen (secondary N) is 1. The zero-order valence-corrected chi connectivity index (χ0v) is 13.1. The summed E-state index contributed by atoms with van der Waals surface area (Å²) in [4.78, 5) is 4.55. The first-order valence-electron chi connectivity index (χ1n) is 7.44. The number of fused-ring (bicyclic) bond motifs is 1. The van der Waals surface area contributed by atoms with Crippen LogP contribution in [0.1, 0.15) is 19.4 Å². The first kappa shape index (κ1) is 15.7. The lowest BCUT2D eigenvalue weighted by atomic mass is 10.1. The average molecular weight is 288 g/mol. The van der Waals surface area contributed by atoms with Crippen LogP contribution in [0.5, 0.6) is 5.88 Å². The van der Waals surface area contributed by atoms with Crippen molar-refractivity contribution in [3.05, 3.63) is 35.9 Å². The van der Waals surface area contributed by atoms with E-state index in [1.54, 1.807) is 0 Å². The molecule has 1 N–H and O–H groups in total. The van der Waals surface area contributed by atoms with Gasteiger partial charge in [-0.05, 0) is 24.6 Å². The van der Waals surface area contributed by atoms with Gasteiger partial charge in [0.1, 0.15) is 6.61 Å². The van der Waals surface area contributed by atoms with E-state index in [9.17, 15) is 0 Å². The number of pyridine rings is 1. The second-order valence-corrected chi connectivity index (χ2v) is 5.48. The Morgan fingerprint density at radius 1 is 1.19 bits per heavy atom. The van der Waals surface area contributed by atoms with Gasteiger partial charge in [0.2, 0.25) is 5.88 Å². The summed E-state index contributed by atoms with van der Waals surface area (Å²) in [5.41, 5.74) is 2.16. The molecular weight excluding hydrogens is 264 g/mol. The van der Waals surface area contributed by atoms with Gasteiger partial charge in [-0.3, -0.25) is 0 Å². The summed E-state index contributed by atoms with van der Waals surface area (Å²) in [5, 5.41) is 4.35. The lowest BCUT2D eigenvalue weighted by molar-refractivity contribution is 0.0807. The van der Waals surface area contributed by atoms with E-state index < -0.39 is 0 Å². The summed E-state index contributed by atoms with van der Waals surface area (Å²) in [7, 11) is 1.94. The van der Waals surface area contributed by atoms with Crippen LogP contribution in [-0.2, 0) is 11.3 Å². The van der Waals surface area contributed by atoms with Crippen molar-refractivity contribution in [2.75, 3.05) is 26.9 Å². The molecule has 0 saturated carbocycles. The molecule has 0 saturated heterocycles. The van der Waals surface area contributed by atoms with Crippen molar-refractivity contribution in [3.63, 3.8) is 0 Å². The third kappa shape index (κ3) is 4.69. The number of ether oxygens (including phenoxy) is 2. The molecular formula is C17H24N2O2. The van der Waals surface area contributed by atoms with Crippen LogP contribution < -0.4 is 10.1 Å². The van der Waals surface area contributed by atoms with Crippen molar-refractivity contribution in [1.29, 1.82) is 0 Å². The second-order valence-electron chi connectivity index (χ2n) is 5.48. The molecule has 114 valence electrons. The summed E-state index contributed by atoms with van der Waals surface area (Å²) in [6, 6.07) is 10.1. The largest absolute Gasteiger partial charge is 0.475 e. The van der Waals surface area contributed by atoms with Gasteiger partial charge in [-0.1, -0.05) is 32.0 Å². The van der Waals surface area contributed by atoms with Gasteiger partial charge in [0, 0.05) is 24.6 Å². The quantitative estimate of drug-likeness (QED) is 0.758. The molecule has 0 radical (unpaired) electrons. The smallest absolute Gasteiger partial charge is 0.214 e. The first-order chi connectivity index (χ1) is 10.2. The fourth-order valence-electron chi connectivity index (χ4n) is 2.16. The molecule has 1 heterocycles. The molecule has 1 aromatic heterocycles. The summed E-state index contributed by atoms with van der Waals surface area (Å²) in [6.45, 7) is 6.94. The lowest BCUT2D eigenvalue weighted by Gasteiger charge is -2.11. The molecule has 0 aliphatic rings. The van der Waals surface area contributed by atoms with Crippen LogP contribution >= 0.6 is 0 Å². The van der Waals surface area contributed by atoms with E-state index in [0.717, 1.165) is 24.1 Å². The van der Waals surface area contributed by atoms with Gasteiger partial charge in [0.05, 0.1) is 12.1 Å². The van der Waals surface area contributed by atoms with E-state index in [4.69, 9.17) is 9.47 Å². The van der Waals surface area contributed by atoms with Gasteiger partial charge >= 0.3 is 0 Å². The first-order valence-corrected chi connectivity index (χ1v) is 7.44. The average Bonchev–Trinajstić information content (AvgIpc) is 2.47. The van der Waals surface area contributed by atoms with Crippen LogP contribution in [0.25, 0.3) is 10.9 Å². The Kier molecular flexibility index (Phi) is 5.96. The maximum atomic E-state index is 5.72. The Hall–Kier alpha value is -1.65. The molecule has 0 amide bonds. The Morgan fingerprint density at radius 2 is 2.00 bits per heavy atom. The minimum absolute atomic E-state index is 0.525. The Morgan fingerprint density at radius 3 is 2.76 bits per heavy atom. The van der Waals surface area contributed by atoms with Crippen LogP contribution in [0, 0.1) is 5.92 Å². The van der Waals surface area contributed by atoms with E-state index in [1.165, 1.54) is 5.56 Å². The monoisotopic (exact) mass is 288 g/mol. The van der Waals surface area contributed by atoms with Gasteiger partial charge in [0.25, 0.3) is 0 Å². The third-order valence-electron chi connectivity index (χ3n) is 3.07. The predicted molar refractivity (Wildman–Crippen MR) is 85.7 cm³/mol. The fourth-order valence-corrected chi connectivity index (χ4v) is 2.16. The number of rotatable bonds is 8. The molecule has 0 unspecified atom stereocenters. The van der Waals surface area contributed by atoms with Gasteiger partial charge < -0.3 is 14.8 Å². The highest BCUT2D eigenvalue weighted by Crippen LogP contribution is 2.21. The Bertz CT molecular complexity index is 570. The molecule has 4 nitrogen and oxygen atoms in total. The maximum Gasteiger partial charge on any atom is 0.214 e. The summed E-state index contributed by atoms with van der Waals surface area (Å²) < 4.78 is 11.2. The SMILES string of the molecule is CNCc1cc(OCCOCC(C)C)nc2ccccc12. The number of hydrogen-bond acceptors (Lipinski definition) is 4. The summed E-state index contributed by atoms with van der Waals surface area (Å²) in [5.74, 6) is 1.21. The highest BCUT2D eigenvalue weighted by atomic mass is 16.5. The molecule has 0 atom stereocenters. The van der Waals surface area contributed by atoms with Crippen molar-refractivity contribution in [2.45, 2.75) is 20.4 Å². The van der Waals surface area contributed by atoms with E-state index in [0.29, 0.717) is 25.0 Å². The van der Waals surface area contributed by atoms with Gasteiger partial charge in [-0.25, -0.2) is 4.98 Å². The molecule has 1 aromatic carbocycles. The van der Waals surface area contributed by atoms with Gasteiger partial charge in [-0.2, -0.15) is 0 Å². The van der Waals surface area contributed by atoms with E-state index in [1.807, 2.05) is 31.3 Å². The van der Waals surface area contributed by atoms with Crippen LogP contribution in [0.3, 0.4) is 0 Å². The lowest BCUT2D eigenvalue weighted by Crippen LogP contribution is -2.11. The van der Waals surface area contributed by atoms with Crippen LogP contribution in [0.2, 0.25) is 0 Å². The van der Waals surface area contributed by atoms with Crippen LogP contribution in [-0.4, -0.2) is 31.9 Å². The molecule has 0 bridgehead atoms. The number of hydrogen-bond donors (Lipinski definition) is 1. The number of aromatic nitrogens is 1. The minimum Gasteiger partial charge on any atom is -0.475 e. The third-order valence-corrected chi connectivity index (χ3v) is 3.07. The van der Waals surface area contributed by atoms with E-state index in [-0.39, 0.29) is 0 Å². The number of para-hydroxylation sites is 1.